The number of hydrogen-bond acceptors (Lipinski definition) is 2. The Bertz CT molecular complexity index is 1070. The number of nitrogens with zero attached hydrogens (tertiary/aromatic N) is 2. The highest BCUT2D eigenvalue weighted by atomic mass is 16.1. The van der Waals surface area contributed by atoms with Crippen LogP contribution in [0.3, 0.4) is 0 Å². The summed E-state index contributed by atoms with van der Waals surface area (Å²) < 4.78 is 1.74. The lowest BCUT2D eigenvalue weighted by Crippen LogP contribution is -2.21. The zero-order valence-corrected chi connectivity index (χ0v) is 13.3. The van der Waals surface area contributed by atoms with Gasteiger partial charge >= 0.3 is 0 Å². The van der Waals surface area contributed by atoms with Crippen LogP contribution >= 0.6 is 0 Å². The highest BCUT2D eigenvalue weighted by Crippen LogP contribution is 2.31. The van der Waals surface area contributed by atoms with Gasteiger partial charge in [-0.1, -0.05) is 60.7 Å². The van der Waals surface area contributed by atoms with Gasteiger partial charge in [0.05, 0.1) is 11.3 Å². The lowest BCUT2D eigenvalue weighted by atomic mass is 9.97. The molecule has 0 atom stereocenters. The molecule has 2 aromatic carbocycles. The Balaban J connectivity index is 2.16. The van der Waals surface area contributed by atoms with Crippen molar-refractivity contribution >= 4 is 10.8 Å². The van der Waals surface area contributed by atoms with Crippen LogP contribution in [0.25, 0.3) is 33.2 Å². The second-order valence-corrected chi connectivity index (χ2v) is 5.74. The molecular formula is C21H16N2O. The van der Waals surface area contributed by atoms with E-state index in [2.05, 4.69) is 4.98 Å². The van der Waals surface area contributed by atoms with Gasteiger partial charge in [0.25, 0.3) is 5.56 Å². The monoisotopic (exact) mass is 312 g/mol. The topological polar surface area (TPSA) is 34.9 Å². The first-order valence-corrected chi connectivity index (χ1v) is 7.85. The maximum atomic E-state index is 13.1. The number of pyridine rings is 2. The van der Waals surface area contributed by atoms with Gasteiger partial charge in [0.15, 0.2) is 0 Å². The molecule has 0 bridgehead atoms. The largest absolute Gasteiger partial charge is 0.310 e. The lowest BCUT2D eigenvalue weighted by molar-refractivity contribution is 0.882. The predicted molar refractivity (Wildman–Crippen MR) is 97.9 cm³/mol. The van der Waals surface area contributed by atoms with E-state index < -0.39 is 0 Å². The van der Waals surface area contributed by atoms with Gasteiger partial charge in [0.1, 0.15) is 0 Å². The molecule has 2 heterocycles. The van der Waals surface area contributed by atoms with Crippen LogP contribution in [0.15, 0.2) is 83.9 Å². The van der Waals surface area contributed by atoms with Gasteiger partial charge in [0.2, 0.25) is 0 Å². The Labute approximate surface area is 139 Å². The molecule has 0 aliphatic heterocycles. The Hall–Kier alpha value is -3.20. The molecule has 0 aliphatic rings. The fourth-order valence-corrected chi connectivity index (χ4v) is 3.19. The van der Waals surface area contributed by atoms with Crippen LogP contribution in [0, 0.1) is 0 Å². The number of benzene rings is 2. The summed E-state index contributed by atoms with van der Waals surface area (Å²) in [4.78, 5) is 17.4. The third kappa shape index (κ3) is 2.22. The third-order valence-electron chi connectivity index (χ3n) is 4.31. The van der Waals surface area contributed by atoms with E-state index >= 15 is 0 Å². The summed E-state index contributed by atoms with van der Waals surface area (Å²) in [6.45, 7) is 0. The molecule has 0 amide bonds. The van der Waals surface area contributed by atoms with Gasteiger partial charge in [-0.15, -0.1) is 0 Å². The van der Waals surface area contributed by atoms with Crippen molar-refractivity contribution in [3.8, 4) is 22.4 Å². The second kappa shape index (κ2) is 5.78. The minimum Gasteiger partial charge on any atom is -0.310 e. The maximum absolute atomic E-state index is 13.1. The van der Waals surface area contributed by atoms with Gasteiger partial charge in [0, 0.05) is 30.2 Å². The first kappa shape index (κ1) is 14.4. The fourth-order valence-electron chi connectivity index (χ4n) is 3.19. The summed E-state index contributed by atoms with van der Waals surface area (Å²) >= 11 is 0. The third-order valence-corrected chi connectivity index (χ3v) is 4.31. The van der Waals surface area contributed by atoms with E-state index in [0.29, 0.717) is 5.56 Å². The SMILES string of the molecule is Cn1c(-c2ccccc2)c2ccncc2c(-c2ccccc2)c1=O. The molecule has 2 aromatic heterocycles. The van der Waals surface area contributed by atoms with Crippen molar-refractivity contribution in [2.24, 2.45) is 7.05 Å². The summed E-state index contributed by atoms with van der Waals surface area (Å²) in [5, 5.41) is 1.91. The molecule has 0 radical (unpaired) electrons. The highest BCUT2D eigenvalue weighted by molar-refractivity contribution is 6.02. The van der Waals surface area contributed by atoms with E-state index in [-0.39, 0.29) is 5.56 Å². The van der Waals surface area contributed by atoms with Crippen molar-refractivity contribution in [3.05, 3.63) is 89.5 Å². The van der Waals surface area contributed by atoms with Gasteiger partial charge in [-0.25, -0.2) is 0 Å². The fraction of sp³-hybridized carbons (Fsp3) is 0.0476. The van der Waals surface area contributed by atoms with Crippen molar-refractivity contribution in [1.29, 1.82) is 0 Å². The van der Waals surface area contributed by atoms with Crippen molar-refractivity contribution in [1.82, 2.24) is 9.55 Å². The van der Waals surface area contributed by atoms with Crippen LogP contribution in [-0.4, -0.2) is 9.55 Å². The molecule has 116 valence electrons. The van der Waals surface area contributed by atoms with E-state index in [0.717, 1.165) is 27.6 Å². The molecule has 3 nitrogen and oxygen atoms in total. The first-order chi connectivity index (χ1) is 11.8. The van der Waals surface area contributed by atoms with Gasteiger partial charge in [-0.2, -0.15) is 0 Å². The molecule has 0 N–H and O–H groups in total. The van der Waals surface area contributed by atoms with E-state index in [9.17, 15) is 4.79 Å². The summed E-state index contributed by atoms with van der Waals surface area (Å²) in [6.07, 6.45) is 3.56. The molecule has 0 spiro atoms. The summed E-state index contributed by atoms with van der Waals surface area (Å²) in [5.74, 6) is 0. The number of fused-ring (bicyclic) bond motifs is 1. The maximum Gasteiger partial charge on any atom is 0.259 e. The van der Waals surface area contributed by atoms with Crippen LogP contribution < -0.4 is 5.56 Å². The average molecular weight is 312 g/mol. The molecule has 0 aliphatic carbocycles. The molecule has 4 rings (SSSR count). The molecule has 0 saturated carbocycles. The highest BCUT2D eigenvalue weighted by Gasteiger charge is 2.16. The Kier molecular flexibility index (Phi) is 3.47. The molecule has 4 aromatic rings. The van der Waals surface area contributed by atoms with Crippen molar-refractivity contribution in [3.63, 3.8) is 0 Å². The lowest BCUT2D eigenvalue weighted by Gasteiger charge is -2.15. The Morgan fingerprint density at radius 1 is 0.792 bits per heavy atom. The number of aromatic nitrogens is 2. The summed E-state index contributed by atoms with van der Waals surface area (Å²) in [7, 11) is 1.83. The molecule has 0 saturated heterocycles. The van der Waals surface area contributed by atoms with E-state index in [1.807, 2.05) is 73.8 Å². The summed E-state index contributed by atoms with van der Waals surface area (Å²) in [5.41, 5.74) is 3.53. The summed E-state index contributed by atoms with van der Waals surface area (Å²) in [6, 6.07) is 21.7. The van der Waals surface area contributed by atoms with Gasteiger partial charge in [-0.05, 0) is 17.2 Å². The molecule has 0 unspecified atom stereocenters. The predicted octanol–water partition coefficient (Wildman–Crippen LogP) is 4.27. The molecular weight excluding hydrogens is 296 g/mol. The zero-order chi connectivity index (χ0) is 16.5. The van der Waals surface area contributed by atoms with Crippen LogP contribution in [0.2, 0.25) is 0 Å². The molecule has 0 fully saturated rings. The smallest absolute Gasteiger partial charge is 0.259 e. The standard InChI is InChI=1S/C21H16N2O/c1-23-20(16-10-6-3-7-11-16)17-12-13-22-14-18(17)19(21(23)24)15-8-4-2-5-9-15/h2-14H,1H3. The van der Waals surface area contributed by atoms with Crippen molar-refractivity contribution < 1.29 is 0 Å². The zero-order valence-electron chi connectivity index (χ0n) is 13.3. The van der Waals surface area contributed by atoms with Crippen molar-refractivity contribution in [2.45, 2.75) is 0 Å². The molecule has 3 heteroatoms. The first-order valence-electron chi connectivity index (χ1n) is 7.85. The average Bonchev–Trinajstić information content (AvgIpc) is 2.64. The van der Waals surface area contributed by atoms with Crippen molar-refractivity contribution in [2.75, 3.05) is 0 Å². The van der Waals surface area contributed by atoms with E-state index in [1.54, 1.807) is 17.0 Å². The second-order valence-electron chi connectivity index (χ2n) is 5.74. The Morgan fingerprint density at radius 2 is 1.42 bits per heavy atom. The van der Waals surface area contributed by atoms with Crippen LogP contribution in [0.5, 0.6) is 0 Å². The normalized spacial score (nSPS) is 10.9. The number of hydrogen-bond donors (Lipinski definition) is 0. The minimum atomic E-state index is -0.0134. The van der Waals surface area contributed by atoms with Crippen LogP contribution in [0.4, 0.5) is 0 Å². The minimum absolute atomic E-state index is 0.0134. The van der Waals surface area contributed by atoms with E-state index in [4.69, 9.17) is 0 Å². The Morgan fingerprint density at radius 3 is 2.08 bits per heavy atom. The number of rotatable bonds is 2. The van der Waals surface area contributed by atoms with E-state index in [1.165, 1.54) is 0 Å². The van der Waals surface area contributed by atoms with Gasteiger partial charge in [-0.3, -0.25) is 9.78 Å². The quantitative estimate of drug-likeness (QED) is 0.554. The van der Waals surface area contributed by atoms with Gasteiger partial charge < -0.3 is 4.57 Å². The molecule has 24 heavy (non-hydrogen) atoms. The van der Waals surface area contributed by atoms with Crippen LogP contribution in [-0.2, 0) is 7.05 Å². The van der Waals surface area contributed by atoms with Crippen LogP contribution in [0.1, 0.15) is 0 Å².